The van der Waals surface area contributed by atoms with Crippen molar-refractivity contribution in [3.8, 4) is 0 Å². The number of amidine groups is 1. The fourth-order valence-electron chi connectivity index (χ4n) is 1.51. The highest BCUT2D eigenvalue weighted by atomic mass is 35.5. The lowest BCUT2D eigenvalue weighted by Gasteiger charge is -2.15. The molecule has 1 atom stereocenters. The first kappa shape index (κ1) is 10.3. The molecule has 1 aromatic carbocycles. The predicted octanol–water partition coefficient (Wildman–Crippen LogP) is 2.38. The van der Waals surface area contributed by atoms with Crippen molar-refractivity contribution in [1.82, 2.24) is 5.32 Å². The summed E-state index contributed by atoms with van der Waals surface area (Å²) in [6, 6.07) is 8.48. The van der Waals surface area contributed by atoms with Gasteiger partial charge in [0.1, 0.15) is 6.61 Å². The highest BCUT2D eigenvalue weighted by molar-refractivity contribution is 6.31. The van der Waals surface area contributed by atoms with Gasteiger partial charge >= 0.3 is 0 Å². The summed E-state index contributed by atoms with van der Waals surface area (Å²) in [5, 5.41) is 3.94. The number of halogens is 1. The van der Waals surface area contributed by atoms with E-state index in [0.717, 1.165) is 17.1 Å². The van der Waals surface area contributed by atoms with Gasteiger partial charge in [-0.25, -0.2) is 4.99 Å². The molecule has 1 aromatic rings. The van der Waals surface area contributed by atoms with Crippen LogP contribution in [-0.4, -0.2) is 19.2 Å². The van der Waals surface area contributed by atoms with Gasteiger partial charge in [0.25, 0.3) is 6.02 Å². The number of aliphatic imine (C=N–C) groups is 1. The van der Waals surface area contributed by atoms with Crippen molar-refractivity contribution in [2.24, 2.45) is 4.99 Å². The molecule has 1 aliphatic rings. The van der Waals surface area contributed by atoms with Crippen LogP contribution >= 0.6 is 11.6 Å². The van der Waals surface area contributed by atoms with Crippen molar-refractivity contribution in [3.63, 3.8) is 0 Å². The van der Waals surface area contributed by atoms with Crippen LogP contribution in [0.15, 0.2) is 29.3 Å². The minimum absolute atomic E-state index is 0.107. The zero-order valence-corrected chi connectivity index (χ0v) is 9.29. The molecule has 2 rings (SSSR count). The van der Waals surface area contributed by atoms with Gasteiger partial charge in [-0.3, -0.25) is 0 Å². The Morgan fingerprint density at radius 1 is 1.47 bits per heavy atom. The molecule has 0 radical (unpaired) electrons. The molecule has 0 spiro atoms. The van der Waals surface area contributed by atoms with E-state index >= 15 is 0 Å². The molecule has 15 heavy (non-hydrogen) atoms. The summed E-state index contributed by atoms with van der Waals surface area (Å²) in [6.07, 6.45) is 0. The second-order valence-corrected chi connectivity index (χ2v) is 3.83. The fraction of sp³-hybridized carbons (Fsp3) is 0.364. The summed E-state index contributed by atoms with van der Waals surface area (Å²) < 4.78 is 5.28. The first-order valence-corrected chi connectivity index (χ1v) is 5.33. The standard InChI is InChI=1S/C11H13ClN2O/c1-8(14-11-13-6-7-15-11)9-4-2-3-5-10(9)12/h2-5,8H,6-7H2,1H3,(H,13,14)/t8-/m1/s1. The molecule has 0 fully saturated rings. The van der Waals surface area contributed by atoms with Crippen LogP contribution in [0.5, 0.6) is 0 Å². The maximum absolute atomic E-state index is 6.08. The van der Waals surface area contributed by atoms with Gasteiger partial charge in [-0.1, -0.05) is 29.8 Å². The average Bonchev–Trinajstić information content (AvgIpc) is 2.71. The summed E-state index contributed by atoms with van der Waals surface area (Å²) in [5.74, 6) is 0. The summed E-state index contributed by atoms with van der Waals surface area (Å²) in [6.45, 7) is 3.43. The highest BCUT2D eigenvalue weighted by Crippen LogP contribution is 2.22. The van der Waals surface area contributed by atoms with Crippen LogP contribution < -0.4 is 5.32 Å². The summed E-state index contributed by atoms with van der Waals surface area (Å²) in [5.41, 5.74) is 1.05. The molecule has 0 aliphatic carbocycles. The van der Waals surface area contributed by atoms with Gasteiger partial charge < -0.3 is 10.1 Å². The molecular formula is C11H13ClN2O. The summed E-state index contributed by atoms with van der Waals surface area (Å²) in [7, 11) is 0. The Kier molecular flexibility index (Phi) is 3.11. The molecule has 0 amide bonds. The highest BCUT2D eigenvalue weighted by Gasteiger charge is 2.13. The van der Waals surface area contributed by atoms with E-state index in [9.17, 15) is 0 Å². The molecule has 3 nitrogen and oxygen atoms in total. The molecule has 0 unspecified atom stereocenters. The monoisotopic (exact) mass is 224 g/mol. The lowest BCUT2D eigenvalue weighted by molar-refractivity contribution is 0.327. The van der Waals surface area contributed by atoms with Gasteiger partial charge in [-0.2, -0.15) is 0 Å². The van der Waals surface area contributed by atoms with E-state index < -0.39 is 0 Å². The quantitative estimate of drug-likeness (QED) is 0.837. The lowest BCUT2D eigenvalue weighted by Crippen LogP contribution is -2.26. The molecular weight excluding hydrogens is 212 g/mol. The van der Waals surface area contributed by atoms with Crippen molar-refractivity contribution >= 4 is 17.6 Å². The number of hydrogen-bond acceptors (Lipinski definition) is 3. The van der Waals surface area contributed by atoms with Gasteiger partial charge in [-0.05, 0) is 18.6 Å². The van der Waals surface area contributed by atoms with Gasteiger partial charge in [-0.15, -0.1) is 0 Å². The molecule has 4 heteroatoms. The zero-order chi connectivity index (χ0) is 10.7. The van der Waals surface area contributed by atoms with Gasteiger partial charge in [0.2, 0.25) is 0 Å². The number of hydrogen-bond donors (Lipinski definition) is 1. The topological polar surface area (TPSA) is 33.6 Å². The van der Waals surface area contributed by atoms with Crippen molar-refractivity contribution in [2.75, 3.05) is 13.2 Å². The van der Waals surface area contributed by atoms with E-state index in [2.05, 4.69) is 10.3 Å². The van der Waals surface area contributed by atoms with Gasteiger partial charge in [0.15, 0.2) is 0 Å². The molecule has 0 bridgehead atoms. The van der Waals surface area contributed by atoms with Crippen LogP contribution in [0.2, 0.25) is 5.02 Å². The first-order chi connectivity index (χ1) is 7.27. The Labute approximate surface area is 94.1 Å². The summed E-state index contributed by atoms with van der Waals surface area (Å²) >= 11 is 6.08. The van der Waals surface area contributed by atoms with E-state index in [1.807, 2.05) is 31.2 Å². The van der Waals surface area contributed by atoms with Crippen LogP contribution in [0.4, 0.5) is 0 Å². The van der Waals surface area contributed by atoms with Crippen LogP contribution in [0.1, 0.15) is 18.5 Å². The number of nitrogens with one attached hydrogen (secondary N) is 1. The van der Waals surface area contributed by atoms with Crippen LogP contribution in [0.3, 0.4) is 0 Å². The normalized spacial score (nSPS) is 16.8. The third kappa shape index (κ3) is 2.42. The Balaban J connectivity index is 2.07. The number of rotatable bonds is 2. The minimum Gasteiger partial charge on any atom is -0.463 e. The Bertz CT molecular complexity index is 379. The lowest BCUT2D eigenvalue weighted by atomic mass is 10.1. The molecule has 1 aliphatic heterocycles. The predicted molar refractivity (Wildman–Crippen MR) is 61.3 cm³/mol. The fourth-order valence-corrected chi connectivity index (χ4v) is 1.81. The molecule has 0 aromatic heterocycles. The van der Waals surface area contributed by atoms with E-state index in [0.29, 0.717) is 12.6 Å². The van der Waals surface area contributed by atoms with E-state index in [4.69, 9.17) is 16.3 Å². The SMILES string of the molecule is C[C@@H](NC1=NCCO1)c1ccccc1Cl. The second-order valence-electron chi connectivity index (χ2n) is 3.42. The average molecular weight is 225 g/mol. The number of benzene rings is 1. The maximum Gasteiger partial charge on any atom is 0.285 e. The Hall–Kier alpha value is -1.22. The van der Waals surface area contributed by atoms with Crippen LogP contribution in [0.25, 0.3) is 0 Å². The van der Waals surface area contributed by atoms with E-state index in [1.54, 1.807) is 0 Å². The first-order valence-electron chi connectivity index (χ1n) is 4.95. The van der Waals surface area contributed by atoms with Crippen molar-refractivity contribution in [1.29, 1.82) is 0 Å². The maximum atomic E-state index is 6.08. The largest absolute Gasteiger partial charge is 0.463 e. The molecule has 1 heterocycles. The van der Waals surface area contributed by atoms with Gasteiger partial charge in [0.05, 0.1) is 12.6 Å². The zero-order valence-electron chi connectivity index (χ0n) is 8.53. The molecule has 80 valence electrons. The smallest absolute Gasteiger partial charge is 0.285 e. The van der Waals surface area contributed by atoms with Gasteiger partial charge in [0, 0.05) is 5.02 Å². The third-order valence-corrected chi connectivity index (χ3v) is 2.64. The summed E-state index contributed by atoms with van der Waals surface area (Å²) in [4.78, 5) is 4.17. The molecule has 0 saturated heterocycles. The number of nitrogens with zero attached hydrogens (tertiary/aromatic N) is 1. The Morgan fingerprint density at radius 3 is 2.93 bits per heavy atom. The van der Waals surface area contributed by atoms with E-state index in [-0.39, 0.29) is 6.04 Å². The van der Waals surface area contributed by atoms with Crippen molar-refractivity contribution in [2.45, 2.75) is 13.0 Å². The minimum atomic E-state index is 0.107. The van der Waals surface area contributed by atoms with Crippen molar-refractivity contribution < 1.29 is 4.74 Å². The van der Waals surface area contributed by atoms with Crippen LogP contribution in [-0.2, 0) is 4.74 Å². The van der Waals surface area contributed by atoms with Crippen LogP contribution in [0, 0.1) is 0 Å². The second kappa shape index (κ2) is 4.53. The Morgan fingerprint density at radius 2 is 2.27 bits per heavy atom. The third-order valence-electron chi connectivity index (χ3n) is 2.30. The van der Waals surface area contributed by atoms with Crippen molar-refractivity contribution in [3.05, 3.63) is 34.9 Å². The molecule has 0 saturated carbocycles. The molecule has 1 N–H and O–H groups in total. The van der Waals surface area contributed by atoms with E-state index in [1.165, 1.54) is 0 Å². The number of ether oxygens (including phenoxy) is 1.